The molecule has 0 fully saturated rings. The number of phenolic OH excluding ortho intramolecular Hbond substituents is 1. The molecule has 1 nitrogen and oxygen atoms in total. The molecular weight excluding hydrogens is 184 g/mol. The monoisotopic (exact) mass is 198 g/mol. The van der Waals surface area contributed by atoms with Crippen molar-refractivity contribution in [1.82, 2.24) is 0 Å². The van der Waals surface area contributed by atoms with Crippen LogP contribution in [0.2, 0.25) is 0 Å². The van der Waals surface area contributed by atoms with Crippen LogP contribution in [-0.2, 0) is 0 Å². The first-order valence-electron chi connectivity index (χ1n) is 5.03. The topological polar surface area (TPSA) is 20.2 Å². The van der Waals surface area contributed by atoms with Crippen LogP contribution in [0.25, 0.3) is 11.1 Å². The highest BCUT2D eigenvalue weighted by Crippen LogP contribution is 2.26. The minimum atomic E-state index is 0.323. The summed E-state index contributed by atoms with van der Waals surface area (Å²) < 4.78 is 0. The second kappa shape index (κ2) is 3.77. The Kier molecular flexibility index (Phi) is 2.46. The number of aryl methyl sites for hydroxylation is 2. The highest BCUT2D eigenvalue weighted by molar-refractivity contribution is 5.68. The van der Waals surface area contributed by atoms with Gasteiger partial charge in [-0.1, -0.05) is 35.9 Å². The average molecular weight is 198 g/mol. The highest BCUT2D eigenvalue weighted by atomic mass is 16.3. The molecule has 2 aromatic carbocycles. The molecule has 0 bridgehead atoms. The zero-order chi connectivity index (χ0) is 10.8. The summed E-state index contributed by atoms with van der Waals surface area (Å²) >= 11 is 0. The van der Waals surface area contributed by atoms with Gasteiger partial charge in [0.2, 0.25) is 0 Å². The number of hydrogen-bond donors (Lipinski definition) is 1. The van der Waals surface area contributed by atoms with Crippen LogP contribution < -0.4 is 0 Å². The Bertz CT molecular complexity index is 486. The molecule has 0 aliphatic carbocycles. The molecule has 1 heteroatoms. The van der Waals surface area contributed by atoms with E-state index in [1.165, 1.54) is 16.7 Å². The van der Waals surface area contributed by atoms with E-state index in [0.717, 1.165) is 5.56 Å². The molecule has 0 atom stereocenters. The number of hydrogen-bond acceptors (Lipinski definition) is 1. The van der Waals surface area contributed by atoms with E-state index in [1.54, 1.807) is 12.1 Å². The molecule has 76 valence electrons. The van der Waals surface area contributed by atoms with Gasteiger partial charge in [0.1, 0.15) is 5.75 Å². The van der Waals surface area contributed by atoms with Gasteiger partial charge in [-0.15, -0.1) is 0 Å². The van der Waals surface area contributed by atoms with Gasteiger partial charge in [-0.25, -0.2) is 0 Å². The lowest BCUT2D eigenvalue weighted by Crippen LogP contribution is -1.83. The van der Waals surface area contributed by atoms with Gasteiger partial charge >= 0.3 is 0 Å². The molecule has 0 aliphatic heterocycles. The summed E-state index contributed by atoms with van der Waals surface area (Å²) in [6, 6.07) is 13.9. The fourth-order valence-electron chi connectivity index (χ4n) is 1.78. The molecule has 15 heavy (non-hydrogen) atoms. The van der Waals surface area contributed by atoms with Crippen molar-refractivity contribution in [2.45, 2.75) is 13.8 Å². The maximum Gasteiger partial charge on any atom is 0.115 e. The van der Waals surface area contributed by atoms with Crippen molar-refractivity contribution in [3.05, 3.63) is 53.6 Å². The molecule has 2 rings (SSSR count). The van der Waals surface area contributed by atoms with E-state index in [9.17, 15) is 5.11 Å². The van der Waals surface area contributed by atoms with Gasteiger partial charge in [0.05, 0.1) is 0 Å². The van der Waals surface area contributed by atoms with Gasteiger partial charge in [-0.05, 0) is 42.7 Å². The first-order chi connectivity index (χ1) is 7.16. The summed E-state index contributed by atoms with van der Waals surface area (Å²) in [7, 11) is 0. The van der Waals surface area contributed by atoms with Crippen LogP contribution in [0.15, 0.2) is 42.5 Å². The van der Waals surface area contributed by atoms with Gasteiger partial charge in [0, 0.05) is 0 Å². The van der Waals surface area contributed by atoms with E-state index in [1.807, 2.05) is 13.0 Å². The third-order valence-corrected chi connectivity index (χ3v) is 2.54. The number of aromatic hydroxyl groups is 1. The normalized spacial score (nSPS) is 10.3. The first kappa shape index (κ1) is 9.78. The Balaban J connectivity index is 2.54. The molecule has 0 aliphatic rings. The van der Waals surface area contributed by atoms with Crippen LogP contribution in [0, 0.1) is 13.8 Å². The predicted octanol–water partition coefficient (Wildman–Crippen LogP) is 3.68. The zero-order valence-corrected chi connectivity index (χ0v) is 8.99. The Morgan fingerprint density at radius 3 is 2.40 bits per heavy atom. The molecule has 0 unspecified atom stereocenters. The van der Waals surface area contributed by atoms with Crippen LogP contribution in [-0.4, -0.2) is 5.11 Å². The third kappa shape index (κ3) is 2.01. The fraction of sp³-hybridized carbons (Fsp3) is 0.143. The molecule has 0 radical (unpaired) electrons. The molecule has 0 spiro atoms. The van der Waals surface area contributed by atoms with Crippen molar-refractivity contribution >= 4 is 0 Å². The van der Waals surface area contributed by atoms with Crippen molar-refractivity contribution in [3.8, 4) is 16.9 Å². The smallest absolute Gasteiger partial charge is 0.115 e. The standard InChI is InChI=1S/C14H14O/c1-10-4-3-5-12(8-10)14-7-6-13(15)9-11(14)2/h3-9,15H,1-2H3. The van der Waals surface area contributed by atoms with E-state index >= 15 is 0 Å². The molecule has 0 amide bonds. The highest BCUT2D eigenvalue weighted by Gasteiger charge is 2.02. The lowest BCUT2D eigenvalue weighted by molar-refractivity contribution is 0.475. The number of rotatable bonds is 1. The van der Waals surface area contributed by atoms with Crippen molar-refractivity contribution in [3.63, 3.8) is 0 Å². The summed E-state index contributed by atoms with van der Waals surface area (Å²) in [5.74, 6) is 0.323. The molecule has 0 heterocycles. The Morgan fingerprint density at radius 1 is 0.933 bits per heavy atom. The predicted molar refractivity (Wildman–Crippen MR) is 63.0 cm³/mol. The second-order valence-corrected chi connectivity index (χ2v) is 3.87. The maximum atomic E-state index is 9.34. The number of benzene rings is 2. The van der Waals surface area contributed by atoms with Gasteiger partial charge in [-0.2, -0.15) is 0 Å². The zero-order valence-electron chi connectivity index (χ0n) is 8.99. The Morgan fingerprint density at radius 2 is 1.73 bits per heavy atom. The Hall–Kier alpha value is -1.76. The summed E-state index contributed by atoms with van der Waals surface area (Å²) in [4.78, 5) is 0. The largest absolute Gasteiger partial charge is 0.508 e. The number of phenols is 1. The Labute approximate surface area is 90.0 Å². The summed E-state index contributed by atoms with van der Waals surface area (Å²) in [6.45, 7) is 4.09. The van der Waals surface area contributed by atoms with Gasteiger partial charge in [-0.3, -0.25) is 0 Å². The quantitative estimate of drug-likeness (QED) is 0.741. The van der Waals surface area contributed by atoms with Crippen LogP contribution in [0.4, 0.5) is 0 Å². The minimum absolute atomic E-state index is 0.323. The van der Waals surface area contributed by atoms with Crippen molar-refractivity contribution < 1.29 is 5.11 Å². The summed E-state index contributed by atoms with van der Waals surface area (Å²) in [5.41, 5.74) is 4.73. The molecule has 0 saturated heterocycles. The van der Waals surface area contributed by atoms with Gasteiger partial charge in [0.25, 0.3) is 0 Å². The minimum Gasteiger partial charge on any atom is -0.508 e. The maximum absolute atomic E-state index is 9.34. The summed E-state index contributed by atoms with van der Waals surface area (Å²) in [5, 5.41) is 9.34. The van der Waals surface area contributed by atoms with E-state index in [-0.39, 0.29) is 0 Å². The first-order valence-corrected chi connectivity index (χ1v) is 5.03. The van der Waals surface area contributed by atoms with Crippen LogP contribution in [0.1, 0.15) is 11.1 Å². The van der Waals surface area contributed by atoms with Crippen LogP contribution in [0.3, 0.4) is 0 Å². The lowest BCUT2D eigenvalue weighted by atomic mass is 9.99. The fourth-order valence-corrected chi connectivity index (χ4v) is 1.78. The summed E-state index contributed by atoms with van der Waals surface area (Å²) in [6.07, 6.45) is 0. The average Bonchev–Trinajstić information content (AvgIpc) is 2.17. The van der Waals surface area contributed by atoms with E-state index in [0.29, 0.717) is 5.75 Å². The van der Waals surface area contributed by atoms with Crippen LogP contribution in [0.5, 0.6) is 5.75 Å². The molecule has 2 aromatic rings. The van der Waals surface area contributed by atoms with E-state index in [2.05, 4.69) is 31.2 Å². The van der Waals surface area contributed by atoms with Gasteiger partial charge in [0.15, 0.2) is 0 Å². The molecule has 0 saturated carbocycles. The van der Waals surface area contributed by atoms with E-state index < -0.39 is 0 Å². The SMILES string of the molecule is Cc1cccc(-c2ccc(O)cc2C)c1. The lowest BCUT2D eigenvalue weighted by Gasteiger charge is -2.07. The molecule has 1 N–H and O–H groups in total. The second-order valence-electron chi connectivity index (χ2n) is 3.87. The van der Waals surface area contributed by atoms with Crippen molar-refractivity contribution in [2.75, 3.05) is 0 Å². The molecule has 0 aromatic heterocycles. The van der Waals surface area contributed by atoms with Gasteiger partial charge < -0.3 is 5.11 Å². The molecular formula is C14H14O. The van der Waals surface area contributed by atoms with E-state index in [4.69, 9.17) is 0 Å². The van der Waals surface area contributed by atoms with Crippen LogP contribution >= 0.6 is 0 Å². The van der Waals surface area contributed by atoms with Crippen molar-refractivity contribution in [2.24, 2.45) is 0 Å². The third-order valence-electron chi connectivity index (χ3n) is 2.54. The van der Waals surface area contributed by atoms with Crippen molar-refractivity contribution in [1.29, 1.82) is 0 Å².